The van der Waals surface area contributed by atoms with Crippen LogP contribution < -0.4 is 10.1 Å². The molecular formula is C21H17N5O4. The lowest BCUT2D eigenvalue weighted by molar-refractivity contribution is -0.383. The summed E-state index contributed by atoms with van der Waals surface area (Å²) in [6.45, 7) is 1.43. The molecule has 0 aliphatic carbocycles. The maximum absolute atomic E-state index is 11.6. The standard InChI is InChI=1S/C21H17N5O4/c1-14(27)22-18-9-5-10-19(21(18)26(28)29)25-12-16(23-24-25)13-30-20-11-4-7-15-6-2-3-8-17(15)20/h2-12H,13H2,1H3,(H,22,27). The lowest BCUT2D eigenvalue weighted by Crippen LogP contribution is -2.10. The number of hydrogen-bond acceptors (Lipinski definition) is 6. The number of nitro groups is 1. The van der Waals surface area contributed by atoms with Crippen LogP contribution in [0.25, 0.3) is 16.5 Å². The van der Waals surface area contributed by atoms with Crippen molar-refractivity contribution < 1.29 is 14.5 Å². The molecule has 0 aliphatic heterocycles. The minimum absolute atomic E-state index is 0.0917. The summed E-state index contributed by atoms with van der Waals surface area (Å²) in [5, 5.41) is 24.2. The number of aromatic nitrogens is 3. The van der Waals surface area contributed by atoms with E-state index >= 15 is 0 Å². The van der Waals surface area contributed by atoms with E-state index in [1.54, 1.807) is 12.3 Å². The van der Waals surface area contributed by atoms with Crippen LogP contribution in [0, 0.1) is 10.1 Å². The minimum atomic E-state index is -0.561. The van der Waals surface area contributed by atoms with Gasteiger partial charge in [0.15, 0.2) is 0 Å². The third-order valence-electron chi connectivity index (χ3n) is 4.42. The van der Waals surface area contributed by atoms with Gasteiger partial charge in [-0.25, -0.2) is 4.68 Å². The van der Waals surface area contributed by atoms with E-state index in [1.165, 1.54) is 23.7 Å². The monoisotopic (exact) mass is 403 g/mol. The summed E-state index contributed by atoms with van der Waals surface area (Å²) in [6.07, 6.45) is 1.56. The van der Waals surface area contributed by atoms with Gasteiger partial charge in [0, 0.05) is 12.3 Å². The Labute approximate surface area is 171 Å². The predicted molar refractivity (Wildman–Crippen MR) is 111 cm³/mol. The zero-order valence-corrected chi connectivity index (χ0v) is 16.0. The van der Waals surface area contributed by atoms with Gasteiger partial charge in [0.25, 0.3) is 0 Å². The molecule has 4 aromatic rings. The van der Waals surface area contributed by atoms with Crippen molar-refractivity contribution in [3.05, 3.63) is 82.7 Å². The van der Waals surface area contributed by atoms with E-state index in [2.05, 4.69) is 15.6 Å². The molecule has 0 spiro atoms. The number of carbonyl (C=O) groups excluding carboxylic acids is 1. The maximum atomic E-state index is 11.6. The maximum Gasteiger partial charge on any atom is 0.318 e. The fourth-order valence-electron chi connectivity index (χ4n) is 3.15. The van der Waals surface area contributed by atoms with Crippen LogP contribution in [0.3, 0.4) is 0 Å². The Morgan fingerprint density at radius 2 is 1.90 bits per heavy atom. The first-order chi connectivity index (χ1) is 14.5. The number of nitro benzene ring substituents is 1. The number of hydrogen-bond donors (Lipinski definition) is 1. The summed E-state index contributed by atoms with van der Waals surface area (Å²) in [7, 11) is 0. The lowest BCUT2D eigenvalue weighted by Gasteiger charge is -2.08. The SMILES string of the molecule is CC(=O)Nc1cccc(-n2cc(COc3cccc4ccccc34)nn2)c1[N+](=O)[O-]. The molecule has 9 nitrogen and oxygen atoms in total. The van der Waals surface area contributed by atoms with Crippen molar-refractivity contribution in [1.29, 1.82) is 0 Å². The van der Waals surface area contributed by atoms with Crippen molar-refractivity contribution in [1.82, 2.24) is 15.0 Å². The summed E-state index contributed by atoms with van der Waals surface area (Å²) in [6, 6.07) is 18.2. The van der Waals surface area contributed by atoms with E-state index in [1.807, 2.05) is 42.5 Å². The Morgan fingerprint density at radius 1 is 1.13 bits per heavy atom. The van der Waals surface area contributed by atoms with Gasteiger partial charge in [-0.15, -0.1) is 5.10 Å². The Bertz CT molecular complexity index is 1250. The molecule has 0 unspecified atom stereocenters. The van der Waals surface area contributed by atoms with E-state index in [0.717, 1.165) is 10.8 Å². The van der Waals surface area contributed by atoms with Crippen LogP contribution in [0.4, 0.5) is 11.4 Å². The highest BCUT2D eigenvalue weighted by molar-refractivity contribution is 5.92. The predicted octanol–water partition coefficient (Wildman–Crippen LogP) is 3.87. The first-order valence-electron chi connectivity index (χ1n) is 9.10. The first-order valence-corrected chi connectivity index (χ1v) is 9.10. The van der Waals surface area contributed by atoms with Crippen LogP contribution in [-0.2, 0) is 11.4 Å². The molecule has 1 N–H and O–H groups in total. The van der Waals surface area contributed by atoms with Crippen LogP contribution in [0.2, 0.25) is 0 Å². The van der Waals surface area contributed by atoms with Crippen molar-refractivity contribution in [2.75, 3.05) is 5.32 Å². The topological polar surface area (TPSA) is 112 Å². The van der Waals surface area contributed by atoms with E-state index in [-0.39, 0.29) is 23.7 Å². The average Bonchev–Trinajstić information content (AvgIpc) is 3.20. The number of fused-ring (bicyclic) bond motifs is 1. The second-order valence-corrected chi connectivity index (χ2v) is 6.53. The van der Waals surface area contributed by atoms with Gasteiger partial charge in [-0.3, -0.25) is 14.9 Å². The Kier molecular flexibility index (Phi) is 5.08. The fourth-order valence-corrected chi connectivity index (χ4v) is 3.15. The summed E-state index contributed by atoms with van der Waals surface area (Å²) >= 11 is 0. The van der Waals surface area contributed by atoms with Crippen LogP contribution in [0.1, 0.15) is 12.6 Å². The van der Waals surface area contributed by atoms with Crippen molar-refractivity contribution in [2.45, 2.75) is 13.5 Å². The normalized spacial score (nSPS) is 10.7. The van der Waals surface area contributed by atoms with E-state index in [9.17, 15) is 14.9 Å². The average molecular weight is 403 g/mol. The Balaban J connectivity index is 1.60. The summed E-state index contributed by atoms with van der Waals surface area (Å²) in [5.74, 6) is 0.305. The van der Waals surface area contributed by atoms with Gasteiger partial charge in [0.05, 0.1) is 11.1 Å². The van der Waals surface area contributed by atoms with Crippen LogP contribution >= 0.6 is 0 Å². The second-order valence-electron chi connectivity index (χ2n) is 6.53. The lowest BCUT2D eigenvalue weighted by atomic mass is 10.1. The van der Waals surface area contributed by atoms with Crippen molar-refractivity contribution in [3.63, 3.8) is 0 Å². The number of anilines is 1. The quantitative estimate of drug-likeness (QED) is 0.386. The zero-order chi connectivity index (χ0) is 21.1. The molecule has 0 saturated carbocycles. The van der Waals surface area contributed by atoms with Gasteiger partial charge in [-0.1, -0.05) is 47.7 Å². The van der Waals surface area contributed by atoms with Crippen LogP contribution in [0.5, 0.6) is 5.75 Å². The fraction of sp³-hybridized carbons (Fsp3) is 0.0952. The molecule has 0 fully saturated rings. The van der Waals surface area contributed by atoms with Gasteiger partial charge in [0.1, 0.15) is 29.4 Å². The minimum Gasteiger partial charge on any atom is -0.487 e. The molecular weight excluding hydrogens is 386 g/mol. The number of nitrogens with zero attached hydrogens (tertiary/aromatic N) is 4. The molecule has 0 bridgehead atoms. The van der Waals surface area contributed by atoms with Crippen LogP contribution in [0.15, 0.2) is 66.9 Å². The van der Waals surface area contributed by atoms with E-state index in [4.69, 9.17) is 4.74 Å². The molecule has 150 valence electrons. The van der Waals surface area contributed by atoms with Gasteiger partial charge >= 0.3 is 5.69 Å². The Hall–Kier alpha value is -4.27. The highest BCUT2D eigenvalue weighted by Gasteiger charge is 2.22. The second kappa shape index (κ2) is 8.00. The zero-order valence-electron chi connectivity index (χ0n) is 16.0. The third kappa shape index (κ3) is 3.81. The molecule has 1 amide bonds. The molecule has 0 radical (unpaired) electrons. The molecule has 9 heteroatoms. The number of para-hydroxylation sites is 1. The number of ether oxygens (including phenoxy) is 1. The Morgan fingerprint density at radius 3 is 2.70 bits per heavy atom. The van der Waals surface area contributed by atoms with E-state index in [0.29, 0.717) is 11.4 Å². The molecule has 30 heavy (non-hydrogen) atoms. The molecule has 3 aromatic carbocycles. The van der Waals surface area contributed by atoms with Gasteiger partial charge in [-0.2, -0.15) is 0 Å². The van der Waals surface area contributed by atoms with Gasteiger partial charge in [0.2, 0.25) is 5.91 Å². The van der Waals surface area contributed by atoms with Crippen molar-refractivity contribution in [2.24, 2.45) is 0 Å². The van der Waals surface area contributed by atoms with Crippen molar-refractivity contribution >= 4 is 28.1 Å². The highest BCUT2D eigenvalue weighted by Crippen LogP contribution is 2.31. The van der Waals surface area contributed by atoms with Gasteiger partial charge in [-0.05, 0) is 23.6 Å². The molecule has 0 aliphatic rings. The van der Waals surface area contributed by atoms with Crippen molar-refractivity contribution in [3.8, 4) is 11.4 Å². The van der Waals surface area contributed by atoms with Gasteiger partial charge < -0.3 is 10.1 Å². The van der Waals surface area contributed by atoms with Crippen LogP contribution in [-0.4, -0.2) is 25.8 Å². The highest BCUT2D eigenvalue weighted by atomic mass is 16.6. The summed E-state index contributed by atoms with van der Waals surface area (Å²) in [4.78, 5) is 22.4. The molecule has 1 aromatic heterocycles. The number of amides is 1. The molecule has 1 heterocycles. The smallest absolute Gasteiger partial charge is 0.318 e. The number of benzene rings is 3. The largest absolute Gasteiger partial charge is 0.487 e. The molecule has 0 atom stereocenters. The number of carbonyl (C=O) groups is 1. The summed E-state index contributed by atoms with van der Waals surface area (Å²) in [5.41, 5.74) is 0.519. The number of rotatable bonds is 6. The molecule has 0 saturated heterocycles. The third-order valence-corrected chi connectivity index (χ3v) is 4.42. The van der Waals surface area contributed by atoms with E-state index < -0.39 is 10.8 Å². The molecule has 4 rings (SSSR count). The first kappa shape index (κ1) is 19.1. The summed E-state index contributed by atoms with van der Waals surface area (Å²) < 4.78 is 7.20. The number of nitrogens with one attached hydrogen (secondary N) is 1.